The van der Waals surface area contributed by atoms with Crippen molar-refractivity contribution < 1.29 is 18.9 Å². The minimum Gasteiger partial charge on any atom is -0.496 e. The number of hydrogen-bond acceptors (Lipinski definition) is 5. The maximum atomic E-state index is 5.73. The van der Waals surface area contributed by atoms with Crippen LogP contribution in [0.5, 0.6) is 23.0 Å². The van der Waals surface area contributed by atoms with Gasteiger partial charge in [0.15, 0.2) is 0 Å². The van der Waals surface area contributed by atoms with E-state index in [4.69, 9.17) is 18.9 Å². The average molecular weight is 311 g/mol. The number of rotatable bonds is 3. The molecule has 0 radical (unpaired) electrons. The van der Waals surface area contributed by atoms with E-state index in [9.17, 15) is 0 Å². The molecule has 0 saturated carbocycles. The van der Waals surface area contributed by atoms with Crippen molar-refractivity contribution >= 4 is 5.69 Å². The second-order valence-electron chi connectivity index (χ2n) is 4.81. The van der Waals surface area contributed by atoms with Gasteiger partial charge in [0, 0.05) is 12.1 Å². The van der Waals surface area contributed by atoms with Gasteiger partial charge in [0.05, 0.1) is 27.0 Å². The first-order valence-electron chi connectivity index (χ1n) is 7.09. The summed E-state index contributed by atoms with van der Waals surface area (Å²) in [6.45, 7) is 0. The van der Waals surface area contributed by atoms with Crippen LogP contribution in [0.15, 0.2) is 36.4 Å². The summed E-state index contributed by atoms with van der Waals surface area (Å²) in [5.41, 5.74) is 1.58. The van der Waals surface area contributed by atoms with Crippen LogP contribution in [0.3, 0.4) is 0 Å². The van der Waals surface area contributed by atoms with Crippen molar-refractivity contribution in [3.05, 3.63) is 42.0 Å². The van der Waals surface area contributed by atoms with Crippen molar-refractivity contribution in [1.82, 2.24) is 0 Å². The second-order valence-corrected chi connectivity index (χ2v) is 4.81. The first kappa shape index (κ1) is 14.9. The number of para-hydroxylation sites is 2. The largest absolute Gasteiger partial charge is 0.496 e. The molecule has 0 fully saturated rings. The van der Waals surface area contributed by atoms with Gasteiger partial charge < -0.3 is 24.3 Å². The van der Waals surface area contributed by atoms with Gasteiger partial charge in [-0.15, -0.1) is 0 Å². The van der Waals surface area contributed by atoms with E-state index in [0.29, 0.717) is 22.8 Å². The number of benzene rings is 2. The molecule has 23 heavy (non-hydrogen) atoms. The SMILES string of the molecule is COc1cc(OC)c(C#CC2Nc3ccccc3O2)c(OC)c1. The highest BCUT2D eigenvalue weighted by atomic mass is 16.5. The molecule has 1 atom stereocenters. The van der Waals surface area contributed by atoms with Gasteiger partial charge in [-0.1, -0.05) is 18.1 Å². The number of fused-ring (bicyclic) bond motifs is 1. The van der Waals surface area contributed by atoms with E-state index in [-0.39, 0.29) is 0 Å². The second kappa shape index (κ2) is 6.41. The Morgan fingerprint density at radius 1 is 1.00 bits per heavy atom. The van der Waals surface area contributed by atoms with Crippen molar-refractivity contribution in [2.24, 2.45) is 0 Å². The smallest absolute Gasteiger partial charge is 0.234 e. The lowest BCUT2D eigenvalue weighted by Crippen LogP contribution is -2.17. The maximum Gasteiger partial charge on any atom is 0.234 e. The van der Waals surface area contributed by atoms with E-state index in [1.165, 1.54) is 0 Å². The summed E-state index contributed by atoms with van der Waals surface area (Å²) < 4.78 is 21.7. The van der Waals surface area contributed by atoms with Crippen LogP contribution in [0, 0.1) is 11.8 Å². The fourth-order valence-electron chi connectivity index (χ4n) is 2.32. The summed E-state index contributed by atoms with van der Waals surface area (Å²) in [5.74, 6) is 8.73. The molecule has 3 rings (SSSR count). The van der Waals surface area contributed by atoms with Gasteiger partial charge in [-0.3, -0.25) is 0 Å². The molecule has 0 amide bonds. The highest BCUT2D eigenvalue weighted by molar-refractivity contribution is 5.63. The highest BCUT2D eigenvalue weighted by Crippen LogP contribution is 2.34. The van der Waals surface area contributed by atoms with Crippen LogP contribution in [0.4, 0.5) is 5.69 Å². The van der Waals surface area contributed by atoms with Crippen LogP contribution in [0.1, 0.15) is 5.56 Å². The molecular weight excluding hydrogens is 294 g/mol. The van der Waals surface area contributed by atoms with Crippen LogP contribution in [-0.4, -0.2) is 27.6 Å². The summed E-state index contributed by atoms with van der Waals surface area (Å²) >= 11 is 0. The van der Waals surface area contributed by atoms with Gasteiger partial charge in [-0.05, 0) is 18.1 Å². The Balaban J connectivity index is 1.90. The molecule has 1 unspecified atom stereocenters. The first-order valence-corrected chi connectivity index (χ1v) is 7.09. The standard InChI is InChI=1S/C18H17NO4/c1-20-12-10-16(21-2)13(17(11-12)22-3)8-9-18-19-14-6-4-5-7-15(14)23-18/h4-7,10-11,18-19H,1-3H3. The van der Waals surface area contributed by atoms with E-state index in [2.05, 4.69) is 17.2 Å². The van der Waals surface area contributed by atoms with Gasteiger partial charge in [0.25, 0.3) is 0 Å². The minimum atomic E-state index is -0.413. The predicted molar refractivity (Wildman–Crippen MR) is 87.5 cm³/mol. The zero-order chi connectivity index (χ0) is 16.2. The summed E-state index contributed by atoms with van der Waals surface area (Å²) in [4.78, 5) is 0. The molecule has 118 valence electrons. The minimum absolute atomic E-state index is 0.413. The highest BCUT2D eigenvalue weighted by Gasteiger charge is 2.19. The first-order chi connectivity index (χ1) is 11.2. The van der Waals surface area contributed by atoms with Gasteiger partial charge in [0.1, 0.15) is 28.6 Å². The Morgan fingerprint density at radius 3 is 2.30 bits per heavy atom. The van der Waals surface area contributed by atoms with Crippen LogP contribution in [0.2, 0.25) is 0 Å². The van der Waals surface area contributed by atoms with Crippen molar-refractivity contribution in [2.45, 2.75) is 6.23 Å². The molecule has 1 aliphatic heterocycles. The van der Waals surface area contributed by atoms with Gasteiger partial charge in [-0.25, -0.2) is 0 Å². The molecule has 1 aliphatic rings. The summed E-state index contributed by atoms with van der Waals surface area (Å²) in [6.07, 6.45) is -0.413. The molecule has 1 N–H and O–H groups in total. The number of ether oxygens (including phenoxy) is 4. The molecule has 0 bridgehead atoms. The van der Waals surface area contributed by atoms with E-state index in [0.717, 1.165) is 11.4 Å². The fraction of sp³-hybridized carbons (Fsp3) is 0.222. The average Bonchev–Trinajstić information content (AvgIpc) is 3.01. The summed E-state index contributed by atoms with van der Waals surface area (Å²) in [6, 6.07) is 11.3. The van der Waals surface area contributed by atoms with Crippen LogP contribution >= 0.6 is 0 Å². The number of nitrogens with one attached hydrogen (secondary N) is 1. The molecule has 0 spiro atoms. The van der Waals surface area contributed by atoms with Crippen molar-refractivity contribution in [3.8, 4) is 34.8 Å². The molecule has 5 nitrogen and oxygen atoms in total. The van der Waals surface area contributed by atoms with Crippen molar-refractivity contribution in [3.63, 3.8) is 0 Å². The monoisotopic (exact) mass is 311 g/mol. The number of anilines is 1. The third-order valence-corrected chi connectivity index (χ3v) is 3.46. The number of methoxy groups -OCH3 is 3. The van der Waals surface area contributed by atoms with Crippen molar-refractivity contribution in [2.75, 3.05) is 26.6 Å². The zero-order valence-electron chi connectivity index (χ0n) is 13.2. The van der Waals surface area contributed by atoms with Gasteiger partial charge in [-0.2, -0.15) is 0 Å². The van der Waals surface area contributed by atoms with E-state index < -0.39 is 6.23 Å². The Bertz CT molecular complexity index is 726. The Kier molecular flexibility index (Phi) is 4.15. The molecule has 5 heteroatoms. The molecule has 1 heterocycles. The molecule has 0 aliphatic carbocycles. The third kappa shape index (κ3) is 2.97. The summed E-state index contributed by atoms with van der Waals surface area (Å²) in [7, 11) is 4.76. The van der Waals surface area contributed by atoms with Crippen LogP contribution < -0.4 is 24.3 Å². The van der Waals surface area contributed by atoms with Crippen LogP contribution in [0.25, 0.3) is 0 Å². The normalized spacial score (nSPS) is 14.7. The Labute approximate surface area is 135 Å². The van der Waals surface area contributed by atoms with Gasteiger partial charge >= 0.3 is 0 Å². The molecule has 2 aromatic carbocycles. The molecule has 0 aromatic heterocycles. The lowest BCUT2D eigenvalue weighted by molar-refractivity contribution is 0.311. The fourth-order valence-corrected chi connectivity index (χ4v) is 2.32. The van der Waals surface area contributed by atoms with Crippen molar-refractivity contribution in [1.29, 1.82) is 0 Å². The quantitative estimate of drug-likeness (QED) is 0.883. The van der Waals surface area contributed by atoms with Crippen LogP contribution in [-0.2, 0) is 0 Å². The predicted octanol–water partition coefficient (Wildman–Crippen LogP) is 2.89. The molecule has 0 saturated heterocycles. The third-order valence-electron chi connectivity index (χ3n) is 3.46. The Morgan fingerprint density at radius 2 is 1.70 bits per heavy atom. The summed E-state index contributed by atoms with van der Waals surface area (Å²) in [5, 5.41) is 3.20. The van der Waals surface area contributed by atoms with E-state index in [1.54, 1.807) is 33.5 Å². The zero-order valence-corrected chi connectivity index (χ0v) is 13.2. The lowest BCUT2D eigenvalue weighted by Gasteiger charge is -2.11. The maximum absolute atomic E-state index is 5.73. The van der Waals surface area contributed by atoms with E-state index in [1.807, 2.05) is 24.3 Å². The Hall–Kier alpha value is -3.00. The topological polar surface area (TPSA) is 49.0 Å². The molecule has 2 aromatic rings. The van der Waals surface area contributed by atoms with Gasteiger partial charge in [0.2, 0.25) is 6.23 Å². The van der Waals surface area contributed by atoms with E-state index >= 15 is 0 Å². The molecular formula is C18H17NO4. The number of hydrogen-bond donors (Lipinski definition) is 1. The lowest BCUT2D eigenvalue weighted by atomic mass is 10.1.